The summed E-state index contributed by atoms with van der Waals surface area (Å²) in [6.45, 7) is 5.85. The number of benzene rings is 1. The van der Waals surface area contributed by atoms with Crippen LogP contribution in [0.2, 0.25) is 0 Å². The van der Waals surface area contributed by atoms with E-state index in [1.165, 1.54) is 5.56 Å². The summed E-state index contributed by atoms with van der Waals surface area (Å²) in [5.74, 6) is 1.65. The zero-order chi connectivity index (χ0) is 17.2. The Bertz CT molecular complexity index is 607. The van der Waals surface area contributed by atoms with E-state index in [1.807, 2.05) is 6.07 Å². The molecule has 0 bridgehead atoms. The maximum absolute atomic E-state index is 11.7. The smallest absolute Gasteiger partial charge is 0.220 e. The molecule has 0 unspecified atom stereocenters. The van der Waals surface area contributed by atoms with E-state index in [2.05, 4.69) is 58.2 Å². The minimum Gasteiger partial charge on any atom is -0.356 e. The fourth-order valence-corrected chi connectivity index (χ4v) is 2.53. The number of hydrogen-bond acceptors (Lipinski definition) is 3. The molecule has 1 amide bonds. The fourth-order valence-electron chi connectivity index (χ4n) is 2.53. The number of nitrogens with one attached hydrogen (secondary N) is 1. The standard InChI is InChI=1S/C19H28N4O/c1-16(2)14-20-19(24)11-7-6-10-18-22-21-15-23(18)13-12-17-8-4-3-5-9-17/h3-5,8-9,15-16H,6-7,10-14H2,1-2H3,(H,20,24). The number of carbonyl (C=O) groups is 1. The van der Waals surface area contributed by atoms with Crippen LogP contribution in [0.1, 0.15) is 44.5 Å². The molecule has 5 nitrogen and oxygen atoms in total. The van der Waals surface area contributed by atoms with E-state index in [-0.39, 0.29) is 5.91 Å². The molecular weight excluding hydrogens is 300 g/mol. The second kappa shape index (κ2) is 9.85. The van der Waals surface area contributed by atoms with Crippen molar-refractivity contribution in [3.63, 3.8) is 0 Å². The maximum Gasteiger partial charge on any atom is 0.220 e. The van der Waals surface area contributed by atoms with E-state index in [4.69, 9.17) is 0 Å². The number of unbranched alkanes of at least 4 members (excludes halogenated alkanes) is 1. The van der Waals surface area contributed by atoms with E-state index < -0.39 is 0 Å². The Balaban J connectivity index is 1.68. The normalized spacial score (nSPS) is 11.0. The van der Waals surface area contributed by atoms with Crippen LogP contribution in [0.4, 0.5) is 0 Å². The monoisotopic (exact) mass is 328 g/mol. The molecule has 0 saturated carbocycles. The first-order valence-corrected chi connectivity index (χ1v) is 8.82. The summed E-state index contributed by atoms with van der Waals surface area (Å²) in [5, 5.41) is 11.2. The Labute approximate surface area is 144 Å². The molecule has 130 valence electrons. The van der Waals surface area contributed by atoms with Crippen LogP contribution in [0.15, 0.2) is 36.7 Å². The van der Waals surface area contributed by atoms with Gasteiger partial charge in [-0.1, -0.05) is 44.2 Å². The number of aryl methyl sites for hydroxylation is 3. The Kier molecular flexibility index (Phi) is 7.46. The molecule has 1 heterocycles. The molecule has 0 fully saturated rings. The number of aromatic nitrogens is 3. The topological polar surface area (TPSA) is 59.8 Å². The van der Waals surface area contributed by atoms with Crippen LogP contribution in [0, 0.1) is 5.92 Å². The molecular formula is C19H28N4O. The second-order valence-electron chi connectivity index (χ2n) is 6.58. The molecule has 0 aliphatic carbocycles. The van der Waals surface area contributed by atoms with Gasteiger partial charge in [-0.25, -0.2) is 0 Å². The number of hydrogen-bond donors (Lipinski definition) is 1. The van der Waals surface area contributed by atoms with Gasteiger partial charge in [0.25, 0.3) is 0 Å². The van der Waals surface area contributed by atoms with Crippen molar-refractivity contribution in [1.29, 1.82) is 0 Å². The van der Waals surface area contributed by atoms with Crippen molar-refractivity contribution in [2.75, 3.05) is 6.54 Å². The molecule has 0 aliphatic rings. The lowest BCUT2D eigenvalue weighted by molar-refractivity contribution is -0.121. The first-order chi connectivity index (χ1) is 11.6. The quantitative estimate of drug-likeness (QED) is 0.682. The number of rotatable bonds is 10. The van der Waals surface area contributed by atoms with E-state index >= 15 is 0 Å². The van der Waals surface area contributed by atoms with Crippen molar-refractivity contribution in [2.45, 2.75) is 52.5 Å². The van der Waals surface area contributed by atoms with Crippen LogP contribution in [-0.4, -0.2) is 27.2 Å². The van der Waals surface area contributed by atoms with Crippen LogP contribution >= 0.6 is 0 Å². The van der Waals surface area contributed by atoms with E-state index in [0.717, 1.165) is 44.6 Å². The van der Waals surface area contributed by atoms with Crippen molar-refractivity contribution in [3.8, 4) is 0 Å². The van der Waals surface area contributed by atoms with Crippen LogP contribution in [0.3, 0.4) is 0 Å². The lowest BCUT2D eigenvalue weighted by Gasteiger charge is -2.08. The minimum absolute atomic E-state index is 0.147. The SMILES string of the molecule is CC(C)CNC(=O)CCCCc1nncn1CCc1ccccc1. The highest BCUT2D eigenvalue weighted by Gasteiger charge is 2.06. The third kappa shape index (κ3) is 6.52. The highest BCUT2D eigenvalue weighted by molar-refractivity contribution is 5.75. The van der Waals surface area contributed by atoms with Crippen LogP contribution in [-0.2, 0) is 24.2 Å². The summed E-state index contributed by atoms with van der Waals surface area (Å²) in [4.78, 5) is 11.7. The van der Waals surface area contributed by atoms with Gasteiger partial charge in [-0.3, -0.25) is 4.79 Å². The van der Waals surface area contributed by atoms with Crippen molar-refractivity contribution in [3.05, 3.63) is 48.0 Å². The Morgan fingerprint density at radius 3 is 2.71 bits per heavy atom. The second-order valence-corrected chi connectivity index (χ2v) is 6.58. The molecule has 0 saturated heterocycles. The van der Waals surface area contributed by atoms with Gasteiger partial charge in [-0.05, 0) is 30.7 Å². The first kappa shape index (κ1) is 18.2. The third-order valence-corrected chi connectivity index (χ3v) is 3.94. The van der Waals surface area contributed by atoms with E-state index in [9.17, 15) is 4.79 Å². The third-order valence-electron chi connectivity index (χ3n) is 3.94. The highest BCUT2D eigenvalue weighted by Crippen LogP contribution is 2.07. The van der Waals surface area contributed by atoms with Crippen molar-refractivity contribution in [2.24, 2.45) is 5.92 Å². The van der Waals surface area contributed by atoms with Gasteiger partial charge in [0.05, 0.1) is 0 Å². The summed E-state index contributed by atoms with van der Waals surface area (Å²) < 4.78 is 2.12. The van der Waals surface area contributed by atoms with Gasteiger partial charge in [0.15, 0.2) is 0 Å². The zero-order valence-corrected chi connectivity index (χ0v) is 14.7. The van der Waals surface area contributed by atoms with Crippen molar-refractivity contribution in [1.82, 2.24) is 20.1 Å². The molecule has 2 aromatic rings. The van der Waals surface area contributed by atoms with Gasteiger partial charge in [-0.2, -0.15) is 0 Å². The lowest BCUT2D eigenvalue weighted by atomic mass is 10.1. The molecule has 0 spiro atoms. The number of nitrogens with zero attached hydrogens (tertiary/aromatic N) is 3. The summed E-state index contributed by atoms with van der Waals surface area (Å²) in [6, 6.07) is 10.4. The van der Waals surface area contributed by atoms with Gasteiger partial charge in [0, 0.05) is 25.9 Å². The van der Waals surface area contributed by atoms with Crippen molar-refractivity contribution < 1.29 is 4.79 Å². The van der Waals surface area contributed by atoms with Crippen LogP contribution < -0.4 is 5.32 Å². The molecule has 0 atom stereocenters. The predicted molar refractivity (Wildman–Crippen MR) is 95.6 cm³/mol. The largest absolute Gasteiger partial charge is 0.356 e. The lowest BCUT2D eigenvalue weighted by Crippen LogP contribution is -2.26. The van der Waals surface area contributed by atoms with Crippen LogP contribution in [0.25, 0.3) is 0 Å². The molecule has 2 rings (SSSR count). The van der Waals surface area contributed by atoms with Gasteiger partial charge in [-0.15, -0.1) is 10.2 Å². The van der Waals surface area contributed by atoms with Crippen molar-refractivity contribution >= 4 is 5.91 Å². The molecule has 0 aliphatic heterocycles. The summed E-state index contributed by atoms with van der Waals surface area (Å²) in [6.07, 6.45) is 6.07. The molecule has 1 N–H and O–H groups in total. The summed E-state index contributed by atoms with van der Waals surface area (Å²) in [5.41, 5.74) is 1.32. The maximum atomic E-state index is 11.7. The number of amides is 1. The Morgan fingerprint density at radius 1 is 1.17 bits per heavy atom. The Hall–Kier alpha value is -2.17. The molecule has 1 aromatic carbocycles. The van der Waals surface area contributed by atoms with Gasteiger partial charge in [0.1, 0.15) is 12.2 Å². The molecule has 5 heteroatoms. The highest BCUT2D eigenvalue weighted by atomic mass is 16.1. The zero-order valence-electron chi connectivity index (χ0n) is 14.7. The van der Waals surface area contributed by atoms with Gasteiger partial charge >= 0.3 is 0 Å². The van der Waals surface area contributed by atoms with E-state index in [1.54, 1.807) is 6.33 Å². The van der Waals surface area contributed by atoms with Gasteiger partial charge in [0.2, 0.25) is 5.91 Å². The average Bonchev–Trinajstić information content (AvgIpc) is 3.03. The fraction of sp³-hybridized carbons (Fsp3) is 0.526. The minimum atomic E-state index is 0.147. The molecule has 1 aromatic heterocycles. The first-order valence-electron chi connectivity index (χ1n) is 8.82. The predicted octanol–water partition coefficient (Wildman–Crippen LogP) is 3.01. The Morgan fingerprint density at radius 2 is 1.96 bits per heavy atom. The van der Waals surface area contributed by atoms with Crippen LogP contribution in [0.5, 0.6) is 0 Å². The van der Waals surface area contributed by atoms with E-state index in [0.29, 0.717) is 12.3 Å². The van der Waals surface area contributed by atoms with Gasteiger partial charge < -0.3 is 9.88 Å². The molecule has 24 heavy (non-hydrogen) atoms. The average molecular weight is 328 g/mol. The summed E-state index contributed by atoms with van der Waals surface area (Å²) in [7, 11) is 0. The number of carbonyl (C=O) groups excluding carboxylic acids is 1. The molecule has 0 radical (unpaired) electrons. The summed E-state index contributed by atoms with van der Waals surface area (Å²) >= 11 is 0.